The van der Waals surface area contributed by atoms with E-state index in [9.17, 15) is 4.79 Å². The first-order chi connectivity index (χ1) is 9.16. The van der Waals surface area contributed by atoms with E-state index in [0.717, 1.165) is 30.2 Å². The molecule has 0 aromatic carbocycles. The lowest BCUT2D eigenvalue weighted by Gasteiger charge is -2.29. The monoisotopic (exact) mass is 344 g/mol. The second-order valence-corrected chi connectivity index (χ2v) is 7.22. The third kappa shape index (κ3) is 3.80. The zero-order valence-electron chi connectivity index (χ0n) is 11.1. The maximum Gasteiger partial charge on any atom is 0.227 e. The maximum absolute atomic E-state index is 12.5. The van der Waals surface area contributed by atoms with Crippen molar-refractivity contribution in [3.05, 3.63) is 20.8 Å². The third-order valence-corrected chi connectivity index (χ3v) is 5.68. The zero-order chi connectivity index (χ0) is 13.7. The Morgan fingerprint density at radius 1 is 1.37 bits per heavy atom. The summed E-state index contributed by atoms with van der Waals surface area (Å²) in [6.45, 7) is 1.07. The van der Waals surface area contributed by atoms with Crippen LogP contribution in [0.5, 0.6) is 0 Å². The van der Waals surface area contributed by atoms with Crippen molar-refractivity contribution in [1.82, 2.24) is 5.32 Å². The number of carbonyl (C=O) groups is 1. The summed E-state index contributed by atoms with van der Waals surface area (Å²) in [6, 6.07) is 2.05. The lowest BCUT2D eigenvalue weighted by atomic mass is 9.79. The van der Waals surface area contributed by atoms with Gasteiger partial charge >= 0.3 is 0 Å². The Bertz CT molecular complexity index is 425. The fourth-order valence-corrected chi connectivity index (χ4v) is 4.12. The molecule has 1 heterocycles. The van der Waals surface area contributed by atoms with E-state index in [4.69, 9.17) is 5.73 Å². The molecule has 0 saturated heterocycles. The van der Waals surface area contributed by atoms with Crippen LogP contribution in [0.3, 0.4) is 0 Å². The minimum atomic E-state index is -0.328. The quantitative estimate of drug-likeness (QED) is 0.822. The number of carbonyl (C=O) groups excluding carboxylic acids is 1. The number of rotatable bonds is 4. The van der Waals surface area contributed by atoms with Crippen molar-refractivity contribution in [3.8, 4) is 0 Å². The van der Waals surface area contributed by atoms with Crippen LogP contribution < -0.4 is 11.1 Å². The van der Waals surface area contributed by atoms with Gasteiger partial charge in [-0.2, -0.15) is 0 Å². The third-order valence-electron chi connectivity index (χ3n) is 3.98. The van der Waals surface area contributed by atoms with Gasteiger partial charge in [-0.1, -0.05) is 25.7 Å². The van der Waals surface area contributed by atoms with E-state index < -0.39 is 0 Å². The number of hydrogen-bond acceptors (Lipinski definition) is 3. The number of amides is 1. The van der Waals surface area contributed by atoms with Gasteiger partial charge in [0.05, 0.1) is 12.0 Å². The topological polar surface area (TPSA) is 55.1 Å². The van der Waals surface area contributed by atoms with Crippen LogP contribution >= 0.6 is 27.3 Å². The van der Waals surface area contributed by atoms with E-state index in [1.54, 1.807) is 11.3 Å². The predicted molar refractivity (Wildman–Crippen MR) is 83.1 cm³/mol. The normalized spacial score (nSPS) is 18.8. The van der Waals surface area contributed by atoms with Crippen LogP contribution in [-0.4, -0.2) is 12.5 Å². The molecule has 1 fully saturated rings. The van der Waals surface area contributed by atoms with E-state index >= 15 is 0 Å². The molecule has 1 aliphatic carbocycles. The molecule has 1 aromatic heterocycles. The molecule has 1 aliphatic rings. The first kappa shape index (κ1) is 15.0. The molecule has 0 radical (unpaired) electrons. The van der Waals surface area contributed by atoms with Crippen LogP contribution in [0.15, 0.2) is 15.9 Å². The van der Waals surface area contributed by atoms with Crippen molar-refractivity contribution in [2.75, 3.05) is 6.54 Å². The Balaban J connectivity index is 1.96. The fraction of sp³-hybridized carbons (Fsp3) is 0.643. The average Bonchev–Trinajstić information content (AvgIpc) is 2.69. The van der Waals surface area contributed by atoms with Crippen molar-refractivity contribution < 1.29 is 4.79 Å². The highest BCUT2D eigenvalue weighted by atomic mass is 79.9. The standard InChI is InChI=1S/C14H21BrN2OS/c15-11-7-12(19-9-11)8-17-13(18)14(10-16)5-3-1-2-4-6-14/h7,9H,1-6,8,10,16H2,(H,17,18). The van der Waals surface area contributed by atoms with E-state index in [1.165, 1.54) is 17.7 Å². The van der Waals surface area contributed by atoms with E-state index in [1.807, 2.05) is 11.4 Å². The summed E-state index contributed by atoms with van der Waals surface area (Å²) in [5.74, 6) is 0.140. The molecular formula is C14H21BrN2OS. The Morgan fingerprint density at radius 2 is 2.05 bits per heavy atom. The van der Waals surface area contributed by atoms with Gasteiger partial charge in [0.2, 0.25) is 5.91 Å². The summed E-state index contributed by atoms with van der Waals surface area (Å²) in [5, 5.41) is 5.11. The molecule has 3 nitrogen and oxygen atoms in total. The van der Waals surface area contributed by atoms with Crippen molar-refractivity contribution in [2.45, 2.75) is 45.1 Å². The summed E-state index contributed by atoms with van der Waals surface area (Å²) in [5.41, 5.74) is 5.59. The van der Waals surface area contributed by atoms with Gasteiger partial charge in [0, 0.05) is 21.3 Å². The molecule has 19 heavy (non-hydrogen) atoms. The second-order valence-electron chi connectivity index (χ2n) is 5.31. The molecular weight excluding hydrogens is 324 g/mol. The van der Waals surface area contributed by atoms with Gasteiger partial charge in [0.25, 0.3) is 0 Å². The Hall–Kier alpha value is -0.390. The Kier molecular flexibility index (Phi) is 5.42. The molecule has 3 N–H and O–H groups in total. The summed E-state index contributed by atoms with van der Waals surface area (Å²) >= 11 is 5.08. The Labute approximate surface area is 127 Å². The number of hydrogen-bond donors (Lipinski definition) is 2. The van der Waals surface area contributed by atoms with Crippen molar-refractivity contribution in [2.24, 2.45) is 11.1 Å². The predicted octanol–water partition coefficient (Wildman–Crippen LogP) is 3.43. The number of halogens is 1. The first-order valence-corrected chi connectivity index (χ1v) is 8.55. The molecule has 1 amide bonds. The van der Waals surface area contributed by atoms with Crippen molar-refractivity contribution in [3.63, 3.8) is 0 Å². The lowest BCUT2D eigenvalue weighted by Crippen LogP contribution is -2.45. The second kappa shape index (κ2) is 6.86. The van der Waals surface area contributed by atoms with Gasteiger partial charge in [0.15, 0.2) is 0 Å². The minimum absolute atomic E-state index is 0.140. The van der Waals surface area contributed by atoms with Gasteiger partial charge in [-0.25, -0.2) is 0 Å². The highest BCUT2D eigenvalue weighted by Crippen LogP contribution is 2.34. The van der Waals surface area contributed by atoms with E-state index in [2.05, 4.69) is 21.2 Å². The molecule has 5 heteroatoms. The Morgan fingerprint density at radius 3 is 2.58 bits per heavy atom. The van der Waals surface area contributed by atoms with Gasteiger partial charge in [0.1, 0.15) is 0 Å². The summed E-state index contributed by atoms with van der Waals surface area (Å²) in [4.78, 5) is 13.7. The summed E-state index contributed by atoms with van der Waals surface area (Å²) < 4.78 is 1.07. The number of nitrogens with one attached hydrogen (secondary N) is 1. The van der Waals surface area contributed by atoms with Crippen LogP contribution in [0.25, 0.3) is 0 Å². The minimum Gasteiger partial charge on any atom is -0.351 e. The molecule has 0 aliphatic heterocycles. The van der Waals surface area contributed by atoms with Gasteiger partial charge in [-0.3, -0.25) is 4.79 Å². The molecule has 0 unspecified atom stereocenters. The largest absolute Gasteiger partial charge is 0.351 e. The first-order valence-electron chi connectivity index (χ1n) is 6.87. The molecule has 1 aromatic rings. The van der Waals surface area contributed by atoms with Crippen LogP contribution in [0.4, 0.5) is 0 Å². The van der Waals surface area contributed by atoms with E-state index in [-0.39, 0.29) is 11.3 Å². The van der Waals surface area contributed by atoms with Crippen LogP contribution in [0, 0.1) is 5.41 Å². The molecule has 2 rings (SSSR count). The molecule has 0 spiro atoms. The lowest BCUT2D eigenvalue weighted by molar-refractivity contribution is -0.131. The summed E-state index contributed by atoms with van der Waals surface area (Å²) in [6.07, 6.45) is 6.57. The number of nitrogens with two attached hydrogens (primary N) is 1. The SMILES string of the molecule is NCC1(C(=O)NCc2cc(Br)cs2)CCCCCC1. The smallest absolute Gasteiger partial charge is 0.227 e. The van der Waals surface area contributed by atoms with Crippen molar-refractivity contribution >= 4 is 33.2 Å². The highest BCUT2D eigenvalue weighted by molar-refractivity contribution is 9.10. The van der Waals surface area contributed by atoms with Crippen LogP contribution in [0.2, 0.25) is 0 Å². The molecule has 106 valence electrons. The maximum atomic E-state index is 12.5. The summed E-state index contributed by atoms with van der Waals surface area (Å²) in [7, 11) is 0. The van der Waals surface area contributed by atoms with E-state index in [0.29, 0.717) is 13.1 Å². The zero-order valence-corrected chi connectivity index (χ0v) is 13.5. The van der Waals surface area contributed by atoms with Crippen molar-refractivity contribution in [1.29, 1.82) is 0 Å². The highest BCUT2D eigenvalue weighted by Gasteiger charge is 2.36. The fourth-order valence-electron chi connectivity index (χ4n) is 2.73. The molecule has 1 saturated carbocycles. The van der Waals surface area contributed by atoms with Crippen LogP contribution in [0.1, 0.15) is 43.4 Å². The van der Waals surface area contributed by atoms with Gasteiger partial charge in [-0.15, -0.1) is 11.3 Å². The van der Waals surface area contributed by atoms with Crippen LogP contribution in [-0.2, 0) is 11.3 Å². The average molecular weight is 345 g/mol. The molecule has 0 atom stereocenters. The molecule has 0 bridgehead atoms. The van der Waals surface area contributed by atoms with Gasteiger partial charge < -0.3 is 11.1 Å². The number of thiophene rings is 1. The van der Waals surface area contributed by atoms with Gasteiger partial charge in [-0.05, 0) is 34.8 Å².